The highest BCUT2D eigenvalue weighted by atomic mass is 32.1. The first-order chi connectivity index (χ1) is 10.8. The summed E-state index contributed by atoms with van der Waals surface area (Å²) in [6, 6.07) is 8.19. The van der Waals surface area contributed by atoms with Crippen LogP contribution < -0.4 is 5.32 Å². The molecule has 6 nitrogen and oxygen atoms in total. The van der Waals surface area contributed by atoms with E-state index in [4.69, 9.17) is 4.74 Å². The summed E-state index contributed by atoms with van der Waals surface area (Å²) in [7, 11) is 0. The first-order valence-electron chi connectivity index (χ1n) is 7.08. The number of hydrogen-bond acceptors (Lipinski definition) is 6. The van der Waals surface area contributed by atoms with Gasteiger partial charge in [-0.15, -0.1) is 5.10 Å². The Morgan fingerprint density at radius 1 is 1.41 bits per heavy atom. The van der Waals surface area contributed by atoms with E-state index in [1.165, 1.54) is 10.9 Å². The van der Waals surface area contributed by atoms with Gasteiger partial charge in [0.25, 0.3) is 0 Å². The number of esters is 1. The van der Waals surface area contributed by atoms with Crippen LogP contribution in [-0.4, -0.2) is 33.7 Å². The number of fused-ring (bicyclic) bond motifs is 1. The molecule has 0 aliphatic carbocycles. The van der Waals surface area contributed by atoms with E-state index < -0.39 is 5.97 Å². The second-order valence-electron chi connectivity index (χ2n) is 4.71. The first kappa shape index (κ1) is 14.5. The van der Waals surface area contributed by atoms with E-state index in [9.17, 15) is 4.79 Å². The number of ether oxygens (including phenoxy) is 1. The number of benzene rings is 1. The largest absolute Gasteiger partial charge is 0.461 e. The molecule has 0 saturated heterocycles. The Morgan fingerprint density at radius 3 is 3.14 bits per heavy atom. The molecule has 0 unspecified atom stereocenters. The maximum absolute atomic E-state index is 11.7. The van der Waals surface area contributed by atoms with Crippen molar-refractivity contribution in [3.8, 4) is 0 Å². The summed E-state index contributed by atoms with van der Waals surface area (Å²) in [6.07, 6.45) is 2.85. The number of hydrogen-bond donors (Lipinski definition) is 2. The molecule has 0 atom stereocenters. The van der Waals surface area contributed by atoms with Crippen LogP contribution in [0.4, 0.5) is 5.00 Å². The number of aromatic nitrogens is 3. The van der Waals surface area contributed by atoms with Gasteiger partial charge in [-0.2, -0.15) is 0 Å². The van der Waals surface area contributed by atoms with Gasteiger partial charge in [0.15, 0.2) is 0 Å². The zero-order valence-electron chi connectivity index (χ0n) is 12.1. The van der Waals surface area contributed by atoms with Crippen molar-refractivity contribution in [3.05, 3.63) is 41.7 Å². The smallest absolute Gasteiger partial charge is 0.362 e. The fourth-order valence-electron chi connectivity index (χ4n) is 2.29. The molecule has 0 saturated carbocycles. The fraction of sp³-hybridized carbons (Fsp3) is 0.267. The minimum absolute atomic E-state index is 0.255. The summed E-state index contributed by atoms with van der Waals surface area (Å²) in [5.41, 5.74) is 2.62. The summed E-state index contributed by atoms with van der Waals surface area (Å²) in [5.74, 6) is -0.439. The van der Waals surface area contributed by atoms with Crippen molar-refractivity contribution < 1.29 is 9.53 Å². The minimum Gasteiger partial charge on any atom is -0.461 e. The fourth-order valence-corrected chi connectivity index (χ4v) is 2.87. The third-order valence-corrected chi connectivity index (χ3v) is 4.00. The highest BCUT2D eigenvalue weighted by molar-refractivity contribution is 7.10. The SMILES string of the molecule is CCOC(=O)c1nnsc1NCCc1c[nH]c2ccccc12. The Hall–Kier alpha value is -2.41. The number of rotatable bonds is 6. The lowest BCUT2D eigenvalue weighted by molar-refractivity contribution is 0.0520. The van der Waals surface area contributed by atoms with Gasteiger partial charge in [-0.3, -0.25) is 0 Å². The minimum atomic E-state index is -0.439. The van der Waals surface area contributed by atoms with E-state index >= 15 is 0 Å². The van der Waals surface area contributed by atoms with Crippen molar-refractivity contribution in [3.63, 3.8) is 0 Å². The summed E-state index contributed by atoms with van der Waals surface area (Å²) in [6.45, 7) is 2.78. The summed E-state index contributed by atoms with van der Waals surface area (Å²) >= 11 is 1.16. The molecule has 22 heavy (non-hydrogen) atoms. The van der Waals surface area contributed by atoms with Crippen LogP contribution in [0.25, 0.3) is 10.9 Å². The maximum atomic E-state index is 11.7. The molecule has 114 valence electrons. The number of nitrogens with one attached hydrogen (secondary N) is 2. The lowest BCUT2D eigenvalue weighted by atomic mass is 10.1. The average Bonchev–Trinajstić information content (AvgIpc) is 3.15. The molecule has 0 radical (unpaired) electrons. The van der Waals surface area contributed by atoms with E-state index in [1.807, 2.05) is 18.3 Å². The van der Waals surface area contributed by atoms with Crippen molar-refractivity contribution in [1.29, 1.82) is 0 Å². The number of carbonyl (C=O) groups excluding carboxylic acids is 1. The summed E-state index contributed by atoms with van der Waals surface area (Å²) in [4.78, 5) is 15.0. The van der Waals surface area contributed by atoms with Crippen LogP contribution in [0.3, 0.4) is 0 Å². The Labute approximate surface area is 131 Å². The van der Waals surface area contributed by atoms with E-state index in [2.05, 4.69) is 32.0 Å². The van der Waals surface area contributed by atoms with Gasteiger partial charge in [-0.25, -0.2) is 4.79 Å². The molecule has 0 aliphatic heterocycles. The molecule has 0 bridgehead atoms. The van der Waals surface area contributed by atoms with Crippen molar-refractivity contribution in [2.45, 2.75) is 13.3 Å². The van der Waals surface area contributed by atoms with E-state index in [0.29, 0.717) is 18.2 Å². The van der Waals surface area contributed by atoms with E-state index in [0.717, 1.165) is 23.5 Å². The standard InChI is InChI=1S/C15H16N4O2S/c1-2-21-15(20)13-14(22-19-18-13)16-8-7-10-9-17-12-6-4-3-5-11(10)12/h3-6,9,16-17H,2,7-8H2,1H3. The molecule has 2 heterocycles. The lowest BCUT2D eigenvalue weighted by Gasteiger charge is -2.04. The molecular formula is C15H16N4O2S. The van der Waals surface area contributed by atoms with Crippen LogP contribution in [0.15, 0.2) is 30.5 Å². The second-order valence-corrected chi connectivity index (χ2v) is 5.46. The van der Waals surface area contributed by atoms with Crippen molar-refractivity contribution in [2.24, 2.45) is 0 Å². The van der Waals surface area contributed by atoms with Crippen LogP contribution in [0, 0.1) is 0 Å². The number of aromatic amines is 1. The van der Waals surface area contributed by atoms with Gasteiger partial charge in [0.05, 0.1) is 6.61 Å². The topological polar surface area (TPSA) is 79.9 Å². The molecule has 0 spiro atoms. The van der Waals surface area contributed by atoms with Gasteiger partial charge in [-0.1, -0.05) is 22.7 Å². The normalized spacial score (nSPS) is 10.8. The molecule has 3 aromatic rings. The van der Waals surface area contributed by atoms with Gasteiger partial charge < -0.3 is 15.0 Å². The first-order valence-corrected chi connectivity index (χ1v) is 7.85. The Kier molecular flexibility index (Phi) is 4.34. The van der Waals surface area contributed by atoms with Gasteiger partial charge in [0.2, 0.25) is 5.69 Å². The Balaban J connectivity index is 1.64. The highest BCUT2D eigenvalue weighted by Crippen LogP contribution is 2.20. The van der Waals surface area contributed by atoms with Crippen LogP contribution in [0.1, 0.15) is 23.0 Å². The molecule has 1 aromatic carbocycles. The number of nitrogens with zero attached hydrogens (tertiary/aromatic N) is 2. The average molecular weight is 316 g/mol. The second kappa shape index (κ2) is 6.57. The number of anilines is 1. The zero-order valence-corrected chi connectivity index (χ0v) is 12.9. The quantitative estimate of drug-likeness (QED) is 0.684. The van der Waals surface area contributed by atoms with Crippen LogP contribution in [-0.2, 0) is 11.2 Å². The molecule has 3 rings (SSSR count). The Morgan fingerprint density at radius 2 is 2.27 bits per heavy atom. The van der Waals surface area contributed by atoms with Crippen LogP contribution >= 0.6 is 11.5 Å². The van der Waals surface area contributed by atoms with E-state index in [1.54, 1.807) is 6.92 Å². The Bertz CT molecular complexity index is 781. The summed E-state index contributed by atoms with van der Waals surface area (Å²) in [5, 5.41) is 8.91. The van der Waals surface area contributed by atoms with E-state index in [-0.39, 0.29) is 5.69 Å². The zero-order chi connectivity index (χ0) is 15.4. The monoisotopic (exact) mass is 316 g/mol. The van der Waals surface area contributed by atoms with Gasteiger partial charge in [-0.05, 0) is 25.0 Å². The lowest BCUT2D eigenvalue weighted by Crippen LogP contribution is -2.10. The predicted octanol–water partition coefficient (Wildman–Crippen LogP) is 2.85. The van der Waals surface area contributed by atoms with Crippen LogP contribution in [0.2, 0.25) is 0 Å². The molecule has 7 heteroatoms. The maximum Gasteiger partial charge on any atom is 0.362 e. The van der Waals surface area contributed by atoms with Gasteiger partial charge in [0, 0.05) is 35.2 Å². The molecular weight excluding hydrogens is 300 g/mol. The van der Waals surface area contributed by atoms with Crippen molar-refractivity contribution in [2.75, 3.05) is 18.5 Å². The summed E-state index contributed by atoms with van der Waals surface area (Å²) < 4.78 is 8.77. The van der Waals surface area contributed by atoms with Gasteiger partial charge >= 0.3 is 5.97 Å². The third kappa shape index (κ3) is 2.94. The molecule has 0 amide bonds. The molecule has 0 aliphatic rings. The molecule has 2 aromatic heterocycles. The van der Waals surface area contributed by atoms with Crippen LogP contribution in [0.5, 0.6) is 0 Å². The van der Waals surface area contributed by atoms with Crippen molar-refractivity contribution >= 4 is 33.4 Å². The number of carbonyl (C=O) groups is 1. The third-order valence-electron chi connectivity index (χ3n) is 3.31. The number of para-hydroxylation sites is 1. The number of H-pyrrole nitrogens is 1. The van der Waals surface area contributed by atoms with Crippen molar-refractivity contribution in [1.82, 2.24) is 14.6 Å². The highest BCUT2D eigenvalue weighted by Gasteiger charge is 2.17. The molecule has 0 fully saturated rings. The van der Waals surface area contributed by atoms with Gasteiger partial charge in [0.1, 0.15) is 5.00 Å². The molecule has 2 N–H and O–H groups in total. The predicted molar refractivity (Wildman–Crippen MR) is 86.4 cm³/mol.